The molecule has 3 aliphatic rings. The minimum Gasteiger partial charge on any atom is -0.433 e. The molecule has 2 aromatic carbocycles. The van der Waals surface area contributed by atoms with Gasteiger partial charge in [-0.1, -0.05) is 55.5 Å². The summed E-state index contributed by atoms with van der Waals surface area (Å²) in [5.41, 5.74) is 4.30. The zero-order valence-corrected chi connectivity index (χ0v) is 26.3. The number of aliphatic hydroxyl groups excluding tert-OH is 2. The highest BCUT2D eigenvalue weighted by atomic mass is 31.2. The molecule has 2 N–H and O–H groups in total. The molecule has 2 heterocycles. The lowest BCUT2D eigenvalue weighted by molar-refractivity contribution is -0.145. The molecule has 1 fully saturated rings. The molecule has 2 unspecified atom stereocenters. The Morgan fingerprint density at radius 2 is 1.70 bits per heavy atom. The smallest absolute Gasteiger partial charge is 0.433 e. The lowest BCUT2D eigenvalue weighted by Gasteiger charge is -2.37. The maximum Gasteiger partial charge on any atom is 0.516 e. The van der Waals surface area contributed by atoms with E-state index in [4.69, 9.17) is 14.2 Å². The van der Waals surface area contributed by atoms with Crippen LogP contribution in [0.15, 0.2) is 60.8 Å². The molecular formula is C33H41N2O8P. The molecule has 2 aromatic rings. The summed E-state index contributed by atoms with van der Waals surface area (Å²) in [6.45, 7) is 4.86. The van der Waals surface area contributed by atoms with E-state index in [1.807, 2.05) is 48.5 Å². The Morgan fingerprint density at radius 1 is 1.07 bits per heavy atom. The molecule has 1 amide bonds. The lowest BCUT2D eigenvalue weighted by Crippen LogP contribution is -2.50. The van der Waals surface area contributed by atoms with Crippen molar-refractivity contribution in [3.05, 3.63) is 71.9 Å². The van der Waals surface area contributed by atoms with Gasteiger partial charge >= 0.3 is 12.1 Å². The molecule has 0 saturated carbocycles. The van der Waals surface area contributed by atoms with Crippen LogP contribution in [0, 0.1) is 5.92 Å². The van der Waals surface area contributed by atoms with Gasteiger partial charge in [0.1, 0.15) is 18.8 Å². The lowest BCUT2D eigenvalue weighted by atomic mass is 9.98. The van der Waals surface area contributed by atoms with Crippen LogP contribution in [0.2, 0.25) is 0 Å². The van der Waals surface area contributed by atoms with Crippen molar-refractivity contribution >= 4 is 31.2 Å². The summed E-state index contributed by atoms with van der Waals surface area (Å²) in [5.74, 6) is -1.84. The minimum atomic E-state index is -1.32. The Morgan fingerprint density at radius 3 is 2.34 bits per heavy atom. The highest BCUT2D eigenvalue weighted by molar-refractivity contribution is 7.72. The van der Waals surface area contributed by atoms with Crippen LogP contribution in [-0.2, 0) is 23.8 Å². The van der Waals surface area contributed by atoms with E-state index in [1.54, 1.807) is 18.0 Å². The van der Waals surface area contributed by atoms with Gasteiger partial charge in [-0.25, -0.2) is 4.79 Å². The number of esters is 1. The molecule has 1 saturated heterocycles. The molecule has 10 nitrogen and oxygen atoms in total. The Labute approximate surface area is 258 Å². The van der Waals surface area contributed by atoms with Crippen LogP contribution >= 0.6 is 6.89 Å². The van der Waals surface area contributed by atoms with Crippen molar-refractivity contribution in [2.45, 2.75) is 50.2 Å². The largest absolute Gasteiger partial charge is 0.516 e. The summed E-state index contributed by atoms with van der Waals surface area (Å²) in [6.07, 6.45) is 4.17. The maximum absolute atomic E-state index is 12.7. The molecule has 2 aliphatic heterocycles. The van der Waals surface area contributed by atoms with Crippen molar-refractivity contribution in [3.8, 4) is 11.1 Å². The second kappa shape index (κ2) is 13.3. The Hall–Kier alpha value is -3.43. The van der Waals surface area contributed by atoms with E-state index < -0.39 is 49.5 Å². The molecule has 5 atom stereocenters. The fourth-order valence-electron chi connectivity index (χ4n) is 5.91. The third-order valence-corrected chi connectivity index (χ3v) is 9.95. The van der Waals surface area contributed by atoms with E-state index in [2.05, 4.69) is 19.6 Å². The van der Waals surface area contributed by atoms with E-state index in [9.17, 15) is 24.6 Å². The van der Waals surface area contributed by atoms with Crippen LogP contribution in [0.4, 0.5) is 4.79 Å². The van der Waals surface area contributed by atoms with Gasteiger partial charge in [0.05, 0.1) is 18.7 Å². The Kier molecular flexibility index (Phi) is 9.65. The van der Waals surface area contributed by atoms with Gasteiger partial charge < -0.3 is 34.2 Å². The zero-order valence-electron chi connectivity index (χ0n) is 25.4. The zero-order chi connectivity index (χ0) is 31.6. The molecule has 236 valence electrons. The SMILES string of the molecule is C=P(C)(C)CCC1O[C@@H](N2C=CC(=O)N(CCC(C)C(=O)OC(=O)OCC3c4ccccc4-c4ccccc43)C2)[C@H](O)[C@@H]1O. The van der Waals surface area contributed by atoms with Gasteiger partial charge in [-0.15, -0.1) is 13.2 Å². The third-order valence-electron chi connectivity index (χ3n) is 8.49. The highest BCUT2D eigenvalue weighted by Gasteiger charge is 2.45. The number of amides is 1. The number of rotatable bonds is 10. The van der Waals surface area contributed by atoms with Crippen LogP contribution < -0.4 is 0 Å². The van der Waals surface area contributed by atoms with E-state index in [1.165, 1.54) is 11.0 Å². The monoisotopic (exact) mass is 624 g/mol. The number of benzene rings is 2. The van der Waals surface area contributed by atoms with Crippen molar-refractivity contribution < 1.29 is 38.8 Å². The normalized spacial score (nSPS) is 23.8. The highest BCUT2D eigenvalue weighted by Crippen LogP contribution is 2.44. The van der Waals surface area contributed by atoms with E-state index in [0.29, 0.717) is 6.42 Å². The number of hydrogen-bond acceptors (Lipinski definition) is 9. The van der Waals surface area contributed by atoms with Crippen molar-refractivity contribution in [3.63, 3.8) is 0 Å². The maximum atomic E-state index is 12.7. The molecular weight excluding hydrogens is 583 g/mol. The second-order valence-corrected chi connectivity index (χ2v) is 16.8. The molecule has 0 aromatic heterocycles. The number of carbonyl (C=O) groups is 3. The van der Waals surface area contributed by atoms with Gasteiger partial charge in [0.15, 0.2) is 6.23 Å². The van der Waals surface area contributed by atoms with E-state index in [-0.39, 0.29) is 38.1 Å². The van der Waals surface area contributed by atoms with Crippen molar-refractivity contribution in [1.82, 2.24) is 9.80 Å². The number of ether oxygens (including phenoxy) is 3. The standard InChI is InChI=1S/C33H41N2O8P/c1-21(32(39)43-33(40)41-19-26-24-11-7-5-9-22(24)23-10-6-8-12-25(23)26)13-16-34-20-35(17-14-28(34)36)31-30(38)29(37)27(42-31)15-18-44(2,3)4/h5-12,14,17,21,26-27,29-31,37-38H,2,13,15-16,18-20H2,1,3-4H3/t21?,27?,29-,30-,31-/m1/s1. The first-order valence-corrected chi connectivity index (χ1v) is 18.0. The number of aliphatic hydroxyl groups is 2. The molecule has 11 heteroatoms. The van der Waals surface area contributed by atoms with Gasteiger partial charge in [0.25, 0.3) is 0 Å². The number of fused-ring (bicyclic) bond motifs is 3. The predicted octanol–water partition coefficient (Wildman–Crippen LogP) is 3.67. The van der Waals surface area contributed by atoms with Crippen molar-refractivity contribution in [2.24, 2.45) is 5.92 Å². The van der Waals surface area contributed by atoms with E-state index >= 15 is 0 Å². The Bertz CT molecular complexity index is 1430. The first-order valence-electron chi connectivity index (χ1n) is 14.9. The molecule has 5 rings (SSSR count). The van der Waals surface area contributed by atoms with Crippen LogP contribution in [0.5, 0.6) is 0 Å². The summed E-state index contributed by atoms with van der Waals surface area (Å²) in [5, 5.41) is 21.2. The number of carbonyl (C=O) groups excluding carboxylic acids is 3. The molecule has 0 bridgehead atoms. The fraction of sp³-hybridized carbons (Fsp3) is 0.455. The number of hydrogen-bond donors (Lipinski definition) is 2. The van der Waals surface area contributed by atoms with Crippen molar-refractivity contribution in [2.75, 3.05) is 39.3 Å². The second-order valence-electron chi connectivity index (χ2n) is 12.5. The first-order chi connectivity index (χ1) is 20.9. The van der Waals surface area contributed by atoms with Gasteiger partial charge in [-0.2, -0.15) is 0 Å². The predicted molar refractivity (Wildman–Crippen MR) is 169 cm³/mol. The van der Waals surface area contributed by atoms with Crippen LogP contribution in [-0.4, -0.2) is 108 Å². The van der Waals surface area contributed by atoms with Gasteiger partial charge in [-0.05, 0) is 54.6 Å². The summed E-state index contributed by atoms with van der Waals surface area (Å²) < 4.78 is 16.4. The van der Waals surface area contributed by atoms with Crippen LogP contribution in [0.25, 0.3) is 11.1 Å². The summed E-state index contributed by atoms with van der Waals surface area (Å²) in [7, 11) is 0. The van der Waals surface area contributed by atoms with E-state index in [0.717, 1.165) is 28.4 Å². The Balaban J connectivity index is 1.10. The minimum absolute atomic E-state index is 0.0399. The molecule has 0 radical (unpaired) electrons. The van der Waals surface area contributed by atoms with Crippen LogP contribution in [0.3, 0.4) is 0 Å². The summed E-state index contributed by atoms with van der Waals surface area (Å²) in [6, 6.07) is 15.9. The van der Waals surface area contributed by atoms with Crippen molar-refractivity contribution in [1.29, 1.82) is 0 Å². The quantitative estimate of drug-likeness (QED) is 0.231. The fourth-order valence-corrected chi connectivity index (χ4v) is 6.87. The third kappa shape index (κ3) is 7.10. The number of nitrogens with zero attached hydrogens (tertiary/aromatic N) is 2. The average molecular weight is 625 g/mol. The molecule has 0 spiro atoms. The van der Waals surface area contributed by atoms with Gasteiger partial charge in [0.2, 0.25) is 5.91 Å². The average Bonchev–Trinajstić information content (AvgIpc) is 3.47. The summed E-state index contributed by atoms with van der Waals surface area (Å²) in [4.78, 5) is 40.9. The summed E-state index contributed by atoms with van der Waals surface area (Å²) >= 11 is 0. The van der Waals surface area contributed by atoms with Gasteiger partial charge in [0, 0.05) is 24.7 Å². The first kappa shape index (κ1) is 32.0. The molecule has 1 aliphatic carbocycles. The topological polar surface area (TPSA) is 126 Å². The molecule has 44 heavy (non-hydrogen) atoms. The van der Waals surface area contributed by atoms with Crippen LogP contribution in [0.1, 0.15) is 36.8 Å². The van der Waals surface area contributed by atoms with Gasteiger partial charge in [-0.3, -0.25) is 9.59 Å².